The largest absolute Gasteiger partial charge is 0.495 e. The second kappa shape index (κ2) is 7.29. The number of nitrogens with one attached hydrogen (secondary N) is 1. The number of hydrogen-bond acceptors (Lipinski definition) is 5. The van der Waals surface area contributed by atoms with Gasteiger partial charge in [-0.25, -0.2) is 9.97 Å². The van der Waals surface area contributed by atoms with E-state index in [9.17, 15) is 4.79 Å². The minimum atomic E-state index is 0.00499. The average Bonchev–Trinajstić information content (AvgIpc) is 2.62. The number of carbonyl (C=O) groups excluding carboxylic acids is 1. The van der Waals surface area contributed by atoms with E-state index >= 15 is 0 Å². The maximum absolute atomic E-state index is 12.5. The Kier molecular flexibility index (Phi) is 4.93. The lowest BCUT2D eigenvalue weighted by molar-refractivity contribution is 0.0682. The van der Waals surface area contributed by atoms with Crippen molar-refractivity contribution in [3.8, 4) is 5.75 Å². The van der Waals surface area contributed by atoms with E-state index in [0.717, 1.165) is 25.2 Å². The monoisotopic (exact) mass is 326 g/mol. The molecule has 1 aliphatic rings. The summed E-state index contributed by atoms with van der Waals surface area (Å²) in [6, 6.07) is 7.54. The number of amides is 1. The van der Waals surface area contributed by atoms with Gasteiger partial charge < -0.3 is 15.0 Å². The van der Waals surface area contributed by atoms with Crippen LogP contribution in [-0.2, 0) is 0 Å². The van der Waals surface area contributed by atoms with Crippen molar-refractivity contribution in [1.29, 1.82) is 0 Å². The van der Waals surface area contributed by atoms with Gasteiger partial charge in [0.2, 0.25) is 5.95 Å². The van der Waals surface area contributed by atoms with Gasteiger partial charge in [-0.3, -0.25) is 4.79 Å². The van der Waals surface area contributed by atoms with E-state index in [2.05, 4.69) is 22.2 Å². The third-order valence-electron chi connectivity index (χ3n) is 4.20. The van der Waals surface area contributed by atoms with Gasteiger partial charge in [0.15, 0.2) is 0 Å². The topological polar surface area (TPSA) is 67.3 Å². The number of para-hydroxylation sites is 2. The fraction of sp³-hybridized carbons (Fsp3) is 0.389. The normalized spacial score (nSPS) is 17.4. The van der Waals surface area contributed by atoms with E-state index in [1.165, 1.54) is 6.42 Å². The first-order valence-electron chi connectivity index (χ1n) is 8.18. The molecule has 1 aromatic heterocycles. The molecule has 6 nitrogen and oxygen atoms in total. The Morgan fingerprint density at radius 1 is 1.29 bits per heavy atom. The number of aromatic nitrogens is 2. The zero-order valence-corrected chi connectivity index (χ0v) is 14.0. The molecule has 0 saturated carbocycles. The minimum Gasteiger partial charge on any atom is -0.495 e. The predicted molar refractivity (Wildman–Crippen MR) is 92.6 cm³/mol. The number of benzene rings is 1. The summed E-state index contributed by atoms with van der Waals surface area (Å²) in [6.45, 7) is 3.79. The van der Waals surface area contributed by atoms with Gasteiger partial charge >= 0.3 is 0 Å². The van der Waals surface area contributed by atoms with Crippen LogP contribution in [0.2, 0.25) is 0 Å². The van der Waals surface area contributed by atoms with E-state index in [1.807, 2.05) is 29.2 Å². The summed E-state index contributed by atoms with van der Waals surface area (Å²) in [5.41, 5.74) is 1.30. The molecule has 0 spiro atoms. The second-order valence-corrected chi connectivity index (χ2v) is 6.12. The Labute approximate surface area is 141 Å². The van der Waals surface area contributed by atoms with Crippen LogP contribution in [0.5, 0.6) is 5.75 Å². The number of methoxy groups -OCH3 is 1. The highest BCUT2D eigenvalue weighted by Gasteiger charge is 2.22. The van der Waals surface area contributed by atoms with Crippen molar-refractivity contribution in [2.24, 2.45) is 5.92 Å². The van der Waals surface area contributed by atoms with Gasteiger partial charge in [0, 0.05) is 25.5 Å². The summed E-state index contributed by atoms with van der Waals surface area (Å²) < 4.78 is 5.29. The van der Waals surface area contributed by atoms with E-state index in [1.54, 1.807) is 19.5 Å². The zero-order valence-electron chi connectivity index (χ0n) is 14.0. The lowest BCUT2D eigenvalue weighted by Crippen LogP contribution is -2.39. The van der Waals surface area contributed by atoms with Gasteiger partial charge in [-0.15, -0.1) is 0 Å². The number of nitrogens with zero attached hydrogens (tertiary/aromatic N) is 3. The number of hydrogen-bond donors (Lipinski definition) is 1. The molecule has 1 aliphatic heterocycles. The van der Waals surface area contributed by atoms with Crippen LogP contribution in [-0.4, -0.2) is 41.0 Å². The summed E-state index contributed by atoms with van der Waals surface area (Å²) in [7, 11) is 1.61. The molecule has 3 rings (SSSR count). The van der Waals surface area contributed by atoms with Gasteiger partial charge in [0.25, 0.3) is 5.91 Å². The Morgan fingerprint density at radius 2 is 2.04 bits per heavy atom. The van der Waals surface area contributed by atoms with Crippen LogP contribution in [0, 0.1) is 5.92 Å². The van der Waals surface area contributed by atoms with E-state index < -0.39 is 0 Å². The maximum Gasteiger partial charge on any atom is 0.257 e. The van der Waals surface area contributed by atoms with Crippen LogP contribution in [0.25, 0.3) is 0 Å². The quantitative estimate of drug-likeness (QED) is 0.935. The van der Waals surface area contributed by atoms with Gasteiger partial charge in [-0.05, 0) is 30.9 Å². The van der Waals surface area contributed by atoms with E-state index in [0.29, 0.717) is 23.2 Å². The van der Waals surface area contributed by atoms with Crippen molar-refractivity contribution in [3.05, 3.63) is 42.2 Å². The first-order valence-corrected chi connectivity index (χ1v) is 8.18. The standard InChI is InChI=1S/C18H22N4O2/c1-13-6-5-9-22(12-13)17(23)14-10-19-18(20-11-14)21-15-7-3-4-8-16(15)24-2/h3-4,7-8,10-11,13H,5-6,9,12H2,1-2H3,(H,19,20,21). The second-order valence-electron chi connectivity index (χ2n) is 6.12. The molecule has 1 N–H and O–H groups in total. The van der Waals surface area contributed by atoms with Crippen molar-refractivity contribution in [2.45, 2.75) is 19.8 Å². The predicted octanol–water partition coefficient (Wildman–Crippen LogP) is 3.10. The number of likely N-dealkylation sites (tertiary alicyclic amines) is 1. The molecule has 126 valence electrons. The molecule has 1 fully saturated rings. The highest BCUT2D eigenvalue weighted by atomic mass is 16.5. The van der Waals surface area contributed by atoms with Gasteiger partial charge in [-0.1, -0.05) is 19.1 Å². The summed E-state index contributed by atoms with van der Waals surface area (Å²) in [5.74, 6) is 1.70. The molecule has 1 atom stereocenters. The minimum absolute atomic E-state index is 0.00499. The SMILES string of the molecule is COc1ccccc1Nc1ncc(C(=O)N2CCCC(C)C2)cn1. The molecule has 0 radical (unpaired) electrons. The Hall–Kier alpha value is -2.63. The molecule has 0 aliphatic carbocycles. The highest BCUT2D eigenvalue weighted by Crippen LogP contribution is 2.25. The van der Waals surface area contributed by atoms with Crippen LogP contribution in [0.15, 0.2) is 36.7 Å². The molecule has 24 heavy (non-hydrogen) atoms. The van der Waals surface area contributed by atoms with Crippen molar-refractivity contribution < 1.29 is 9.53 Å². The van der Waals surface area contributed by atoms with Gasteiger partial charge in [-0.2, -0.15) is 0 Å². The molecule has 1 amide bonds. The molecular weight excluding hydrogens is 304 g/mol. The third-order valence-corrected chi connectivity index (χ3v) is 4.20. The van der Waals surface area contributed by atoms with Crippen LogP contribution >= 0.6 is 0 Å². The molecule has 1 saturated heterocycles. The summed E-state index contributed by atoms with van der Waals surface area (Å²) in [4.78, 5) is 22.9. The van der Waals surface area contributed by atoms with Crippen LogP contribution in [0.4, 0.5) is 11.6 Å². The number of piperidine rings is 1. The fourth-order valence-corrected chi connectivity index (χ4v) is 2.93. The van der Waals surface area contributed by atoms with Crippen LogP contribution in [0.1, 0.15) is 30.1 Å². The first-order chi connectivity index (χ1) is 11.7. The molecule has 1 unspecified atom stereocenters. The molecular formula is C18H22N4O2. The summed E-state index contributed by atoms with van der Waals surface area (Å²) in [5, 5.41) is 3.10. The van der Waals surface area contributed by atoms with E-state index in [-0.39, 0.29) is 5.91 Å². The third kappa shape index (κ3) is 3.64. The highest BCUT2D eigenvalue weighted by molar-refractivity contribution is 5.93. The number of rotatable bonds is 4. The molecule has 2 heterocycles. The molecule has 6 heteroatoms. The van der Waals surface area contributed by atoms with Gasteiger partial charge in [0.1, 0.15) is 5.75 Å². The Bertz CT molecular complexity index is 702. The maximum atomic E-state index is 12.5. The Morgan fingerprint density at radius 3 is 2.75 bits per heavy atom. The first kappa shape index (κ1) is 16.2. The zero-order chi connectivity index (χ0) is 16.9. The summed E-state index contributed by atoms with van der Waals surface area (Å²) in [6.07, 6.45) is 5.39. The van der Waals surface area contributed by atoms with Crippen molar-refractivity contribution >= 4 is 17.5 Å². The van der Waals surface area contributed by atoms with Crippen molar-refractivity contribution in [2.75, 3.05) is 25.5 Å². The van der Waals surface area contributed by atoms with Crippen molar-refractivity contribution in [1.82, 2.24) is 14.9 Å². The average molecular weight is 326 g/mol. The fourth-order valence-electron chi connectivity index (χ4n) is 2.93. The van der Waals surface area contributed by atoms with E-state index in [4.69, 9.17) is 4.74 Å². The van der Waals surface area contributed by atoms with Crippen LogP contribution in [0.3, 0.4) is 0 Å². The lowest BCUT2D eigenvalue weighted by Gasteiger charge is -2.30. The molecule has 0 bridgehead atoms. The van der Waals surface area contributed by atoms with Crippen LogP contribution < -0.4 is 10.1 Å². The van der Waals surface area contributed by atoms with Gasteiger partial charge in [0.05, 0.1) is 18.4 Å². The van der Waals surface area contributed by atoms with Crippen molar-refractivity contribution in [3.63, 3.8) is 0 Å². The number of carbonyl (C=O) groups is 1. The lowest BCUT2D eigenvalue weighted by atomic mass is 10.00. The smallest absolute Gasteiger partial charge is 0.257 e. The number of anilines is 2. The number of ether oxygens (including phenoxy) is 1. The molecule has 1 aromatic carbocycles. The summed E-state index contributed by atoms with van der Waals surface area (Å²) >= 11 is 0. The Balaban J connectivity index is 1.70. The molecule has 2 aromatic rings.